The zero-order valence-electron chi connectivity index (χ0n) is 7.45. The molecule has 0 atom stereocenters. The first-order valence-corrected chi connectivity index (χ1v) is 4.03. The third kappa shape index (κ3) is 3.42. The van der Waals surface area contributed by atoms with Crippen LogP contribution in [0, 0.1) is 0 Å². The first kappa shape index (κ1) is 9.32. The van der Waals surface area contributed by atoms with E-state index in [2.05, 4.69) is 9.97 Å². The number of aromatic amines is 2. The Morgan fingerprint density at radius 3 is 2.08 bits per heavy atom. The standard InChI is InChI=1S/C6H7NO.C4H5N/c1-5(8)6-3-2-4-7-6;1-2-4-5-3-1/h2-4,7H,1H3;1-5H. The lowest BCUT2D eigenvalue weighted by Gasteiger charge is -1.81. The average molecular weight is 176 g/mol. The maximum atomic E-state index is 10.5. The molecule has 2 aromatic heterocycles. The van der Waals surface area contributed by atoms with Gasteiger partial charge in [0.05, 0.1) is 5.69 Å². The Balaban J connectivity index is 0.000000145. The number of H-pyrrole nitrogens is 2. The number of Topliss-reactive ketones (excluding diaryl/α,β-unsaturated/α-hetero) is 1. The molecule has 0 unspecified atom stereocenters. The number of hydrogen-bond acceptors (Lipinski definition) is 1. The van der Waals surface area contributed by atoms with Crippen LogP contribution in [-0.4, -0.2) is 15.8 Å². The first-order chi connectivity index (χ1) is 6.30. The summed E-state index contributed by atoms with van der Waals surface area (Å²) in [6.45, 7) is 1.53. The second-order valence-corrected chi connectivity index (χ2v) is 2.52. The minimum Gasteiger partial charge on any atom is -0.368 e. The van der Waals surface area contributed by atoms with Gasteiger partial charge in [0.2, 0.25) is 0 Å². The van der Waals surface area contributed by atoms with Gasteiger partial charge in [-0.25, -0.2) is 0 Å². The van der Waals surface area contributed by atoms with Crippen molar-refractivity contribution in [2.75, 3.05) is 0 Å². The minimum atomic E-state index is 0.0787. The smallest absolute Gasteiger partial charge is 0.175 e. The maximum Gasteiger partial charge on any atom is 0.175 e. The van der Waals surface area contributed by atoms with Crippen molar-refractivity contribution in [2.24, 2.45) is 0 Å². The molecule has 0 aliphatic carbocycles. The highest BCUT2D eigenvalue weighted by Crippen LogP contribution is 1.93. The average Bonchev–Trinajstić information content (AvgIpc) is 2.82. The molecule has 0 bridgehead atoms. The summed E-state index contributed by atoms with van der Waals surface area (Å²) in [5.41, 5.74) is 0.671. The van der Waals surface area contributed by atoms with Gasteiger partial charge in [-0.3, -0.25) is 4.79 Å². The SMILES string of the molecule is CC(=O)c1ccc[nH]1.c1cc[nH]c1. The number of hydrogen-bond donors (Lipinski definition) is 2. The van der Waals surface area contributed by atoms with Gasteiger partial charge in [-0.2, -0.15) is 0 Å². The van der Waals surface area contributed by atoms with E-state index >= 15 is 0 Å². The van der Waals surface area contributed by atoms with E-state index in [9.17, 15) is 4.79 Å². The predicted octanol–water partition coefficient (Wildman–Crippen LogP) is 2.23. The summed E-state index contributed by atoms with van der Waals surface area (Å²) in [5, 5.41) is 0. The third-order valence-electron chi connectivity index (χ3n) is 1.47. The molecule has 0 spiro atoms. The van der Waals surface area contributed by atoms with Crippen molar-refractivity contribution < 1.29 is 4.79 Å². The second kappa shape index (κ2) is 4.98. The maximum absolute atomic E-state index is 10.5. The fourth-order valence-corrected chi connectivity index (χ4v) is 0.827. The van der Waals surface area contributed by atoms with Crippen molar-refractivity contribution in [2.45, 2.75) is 6.92 Å². The Labute approximate surface area is 76.8 Å². The van der Waals surface area contributed by atoms with E-state index in [-0.39, 0.29) is 5.78 Å². The lowest BCUT2D eigenvalue weighted by Crippen LogP contribution is -1.89. The van der Waals surface area contributed by atoms with Crippen LogP contribution in [0.4, 0.5) is 0 Å². The Hall–Kier alpha value is -1.77. The van der Waals surface area contributed by atoms with E-state index in [0.717, 1.165) is 0 Å². The van der Waals surface area contributed by atoms with Gasteiger partial charge in [-0.15, -0.1) is 0 Å². The van der Waals surface area contributed by atoms with Crippen LogP contribution in [0.2, 0.25) is 0 Å². The fourth-order valence-electron chi connectivity index (χ4n) is 0.827. The van der Waals surface area contributed by atoms with Gasteiger partial charge in [0.15, 0.2) is 5.78 Å². The number of carbonyl (C=O) groups excluding carboxylic acids is 1. The van der Waals surface area contributed by atoms with Crippen molar-refractivity contribution in [3.8, 4) is 0 Å². The van der Waals surface area contributed by atoms with E-state index in [1.54, 1.807) is 18.3 Å². The van der Waals surface area contributed by atoms with E-state index < -0.39 is 0 Å². The van der Waals surface area contributed by atoms with Crippen LogP contribution >= 0.6 is 0 Å². The predicted molar refractivity (Wildman–Crippen MR) is 51.6 cm³/mol. The van der Waals surface area contributed by atoms with Crippen LogP contribution in [0.1, 0.15) is 17.4 Å². The van der Waals surface area contributed by atoms with E-state index in [1.807, 2.05) is 24.5 Å². The van der Waals surface area contributed by atoms with Crippen LogP contribution in [-0.2, 0) is 0 Å². The zero-order chi connectivity index (χ0) is 9.52. The van der Waals surface area contributed by atoms with Crippen molar-refractivity contribution in [3.05, 3.63) is 48.5 Å². The Morgan fingerprint density at radius 1 is 1.15 bits per heavy atom. The van der Waals surface area contributed by atoms with Crippen molar-refractivity contribution >= 4 is 5.78 Å². The summed E-state index contributed by atoms with van der Waals surface area (Å²) in [6, 6.07) is 7.44. The molecular formula is C10H12N2O. The first-order valence-electron chi connectivity index (χ1n) is 4.03. The van der Waals surface area contributed by atoms with E-state index in [0.29, 0.717) is 5.69 Å². The third-order valence-corrected chi connectivity index (χ3v) is 1.47. The Kier molecular flexibility index (Phi) is 3.57. The molecule has 2 heterocycles. The van der Waals surface area contributed by atoms with E-state index in [4.69, 9.17) is 0 Å². The van der Waals surface area contributed by atoms with Gasteiger partial charge in [0.1, 0.15) is 0 Å². The molecule has 0 aromatic carbocycles. The van der Waals surface area contributed by atoms with Gasteiger partial charge in [-0.1, -0.05) is 0 Å². The molecular weight excluding hydrogens is 164 g/mol. The Morgan fingerprint density at radius 2 is 1.85 bits per heavy atom. The van der Waals surface area contributed by atoms with Gasteiger partial charge in [-0.05, 0) is 24.3 Å². The number of rotatable bonds is 1. The van der Waals surface area contributed by atoms with E-state index in [1.165, 1.54) is 6.92 Å². The number of nitrogens with one attached hydrogen (secondary N) is 2. The molecule has 2 N–H and O–H groups in total. The van der Waals surface area contributed by atoms with Gasteiger partial charge in [0.25, 0.3) is 0 Å². The normalized spacial score (nSPS) is 8.69. The highest BCUT2D eigenvalue weighted by atomic mass is 16.1. The summed E-state index contributed by atoms with van der Waals surface area (Å²) in [7, 11) is 0. The van der Waals surface area contributed by atoms with Crippen molar-refractivity contribution in [3.63, 3.8) is 0 Å². The molecule has 0 radical (unpaired) electrons. The number of ketones is 1. The van der Waals surface area contributed by atoms with Gasteiger partial charge < -0.3 is 9.97 Å². The molecule has 13 heavy (non-hydrogen) atoms. The summed E-state index contributed by atoms with van der Waals surface area (Å²) < 4.78 is 0. The lowest BCUT2D eigenvalue weighted by molar-refractivity contribution is 0.101. The lowest BCUT2D eigenvalue weighted by atomic mass is 10.3. The molecule has 0 fully saturated rings. The molecule has 0 amide bonds. The molecule has 2 rings (SSSR count). The number of aromatic nitrogens is 2. The number of carbonyl (C=O) groups is 1. The monoisotopic (exact) mass is 176 g/mol. The fraction of sp³-hybridized carbons (Fsp3) is 0.100. The molecule has 2 aromatic rings. The molecule has 3 heteroatoms. The van der Waals surface area contributed by atoms with Crippen LogP contribution in [0.15, 0.2) is 42.9 Å². The Bertz CT molecular complexity index is 304. The molecule has 0 aliphatic rings. The summed E-state index contributed by atoms with van der Waals surface area (Å²) in [4.78, 5) is 16.1. The summed E-state index contributed by atoms with van der Waals surface area (Å²) in [5.74, 6) is 0.0787. The van der Waals surface area contributed by atoms with Crippen LogP contribution in [0.3, 0.4) is 0 Å². The van der Waals surface area contributed by atoms with Crippen LogP contribution in [0.5, 0.6) is 0 Å². The van der Waals surface area contributed by atoms with Gasteiger partial charge in [0, 0.05) is 25.5 Å². The zero-order valence-corrected chi connectivity index (χ0v) is 7.45. The minimum absolute atomic E-state index is 0.0787. The van der Waals surface area contributed by atoms with Crippen molar-refractivity contribution in [1.82, 2.24) is 9.97 Å². The molecule has 0 saturated heterocycles. The van der Waals surface area contributed by atoms with Gasteiger partial charge >= 0.3 is 0 Å². The summed E-state index contributed by atoms with van der Waals surface area (Å²) >= 11 is 0. The molecule has 68 valence electrons. The molecule has 0 saturated carbocycles. The highest BCUT2D eigenvalue weighted by molar-refractivity contribution is 5.92. The quantitative estimate of drug-likeness (QED) is 0.643. The molecule has 3 nitrogen and oxygen atoms in total. The summed E-state index contributed by atoms with van der Waals surface area (Å²) in [6.07, 6.45) is 5.48. The topological polar surface area (TPSA) is 48.6 Å². The van der Waals surface area contributed by atoms with Crippen LogP contribution in [0.25, 0.3) is 0 Å². The molecule has 0 aliphatic heterocycles. The highest BCUT2D eigenvalue weighted by Gasteiger charge is 1.94. The van der Waals surface area contributed by atoms with Crippen molar-refractivity contribution in [1.29, 1.82) is 0 Å². The second-order valence-electron chi connectivity index (χ2n) is 2.52. The largest absolute Gasteiger partial charge is 0.368 e. The van der Waals surface area contributed by atoms with Crippen LogP contribution < -0.4 is 0 Å².